The highest BCUT2D eigenvalue weighted by molar-refractivity contribution is 6.03. The molecule has 1 amide bonds. The zero-order valence-electron chi connectivity index (χ0n) is 17.8. The molecular formula is C22H18F3N5O4. The number of aliphatic imine (C=N–C) groups is 1. The average molecular weight is 473 g/mol. The van der Waals surface area contributed by atoms with E-state index in [1.165, 1.54) is 23.1 Å². The first-order valence-corrected chi connectivity index (χ1v) is 9.86. The Labute approximate surface area is 191 Å². The molecule has 0 saturated carbocycles. The summed E-state index contributed by atoms with van der Waals surface area (Å²) in [4.78, 5) is 16.2. The van der Waals surface area contributed by atoms with Crippen molar-refractivity contribution in [3.05, 3.63) is 66.3 Å². The first kappa shape index (κ1) is 22.8. The Balaban J connectivity index is 1.45. The van der Waals surface area contributed by atoms with Crippen LogP contribution >= 0.6 is 0 Å². The Bertz CT molecular complexity index is 1290. The van der Waals surface area contributed by atoms with E-state index in [4.69, 9.17) is 14.0 Å². The molecule has 2 aromatic heterocycles. The molecule has 34 heavy (non-hydrogen) atoms. The van der Waals surface area contributed by atoms with Crippen molar-refractivity contribution in [3.8, 4) is 22.8 Å². The molecule has 0 unspecified atom stereocenters. The summed E-state index contributed by atoms with van der Waals surface area (Å²) < 4.78 is 56.5. The van der Waals surface area contributed by atoms with Gasteiger partial charge in [0, 0.05) is 35.8 Å². The van der Waals surface area contributed by atoms with Crippen molar-refractivity contribution in [3.63, 3.8) is 0 Å². The summed E-state index contributed by atoms with van der Waals surface area (Å²) >= 11 is 0. The molecule has 3 heterocycles. The van der Waals surface area contributed by atoms with E-state index < -0.39 is 17.7 Å². The SMILES string of the molecule is C=C/N=C\C(Cn1cc(NC(=O)c2cc(-c3ccc4c(c3)OCO4)on2)cn1)=C(/C)C(F)(F)F. The normalized spacial score (nSPS) is 13.8. The first-order valence-electron chi connectivity index (χ1n) is 9.86. The molecule has 0 aliphatic carbocycles. The van der Waals surface area contributed by atoms with Gasteiger partial charge in [-0.25, -0.2) is 0 Å². The number of amides is 1. The highest BCUT2D eigenvalue weighted by atomic mass is 19.4. The lowest BCUT2D eigenvalue weighted by Gasteiger charge is -2.11. The molecule has 4 rings (SSSR count). The highest BCUT2D eigenvalue weighted by Crippen LogP contribution is 2.36. The lowest BCUT2D eigenvalue weighted by molar-refractivity contribution is -0.0919. The number of allylic oxidation sites excluding steroid dienone is 2. The van der Waals surface area contributed by atoms with Gasteiger partial charge < -0.3 is 19.3 Å². The molecule has 1 aliphatic heterocycles. The largest absolute Gasteiger partial charge is 0.454 e. The van der Waals surface area contributed by atoms with Gasteiger partial charge in [0.05, 0.1) is 18.4 Å². The van der Waals surface area contributed by atoms with Gasteiger partial charge in [0.1, 0.15) is 0 Å². The van der Waals surface area contributed by atoms with Crippen molar-refractivity contribution in [2.24, 2.45) is 4.99 Å². The predicted molar refractivity (Wildman–Crippen MR) is 116 cm³/mol. The van der Waals surface area contributed by atoms with Crippen LogP contribution in [0.15, 0.2) is 70.1 Å². The second kappa shape index (κ2) is 9.25. The van der Waals surface area contributed by atoms with E-state index >= 15 is 0 Å². The zero-order valence-corrected chi connectivity index (χ0v) is 17.8. The maximum atomic E-state index is 13.1. The average Bonchev–Trinajstić information content (AvgIpc) is 3.55. The Kier molecular flexibility index (Phi) is 6.21. The van der Waals surface area contributed by atoms with E-state index in [1.54, 1.807) is 18.2 Å². The Morgan fingerprint density at radius 3 is 2.85 bits per heavy atom. The predicted octanol–water partition coefficient (Wildman–Crippen LogP) is 4.61. The molecule has 0 radical (unpaired) electrons. The molecule has 0 bridgehead atoms. The molecular weight excluding hydrogens is 455 g/mol. The molecule has 1 N–H and O–H groups in total. The number of hydrogen-bond donors (Lipinski definition) is 1. The highest BCUT2D eigenvalue weighted by Gasteiger charge is 2.32. The number of aromatic nitrogens is 3. The molecule has 176 valence electrons. The summed E-state index contributed by atoms with van der Waals surface area (Å²) in [5.74, 6) is 0.931. The van der Waals surface area contributed by atoms with Crippen LogP contribution in [-0.4, -0.2) is 40.0 Å². The Morgan fingerprint density at radius 2 is 2.09 bits per heavy atom. The lowest BCUT2D eigenvalue weighted by atomic mass is 10.1. The summed E-state index contributed by atoms with van der Waals surface area (Å²) in [6.07, 6.45) is 0.385. The van der Waals surface area contributed by atoms with Crippen LogP contribution in [-0.2, 0) is 6.54 Å². The van der Waals surface area contributed by atoms with E-state index in [1.807, 2.05) is 0 Å². The number of anilines is 1. The third-order valence-corrected chi connectivity index (χ3v) is 4.87. The van der Waals surface area contributed by atoms with Gasteiger partial charge >= 0.3 is 6.18 Å². The summed E-state index contributed by atoms with van der Waals surface area (Å²) in [6, 6.07) is 6.62. The molecule has 9 nitrogen and oxygen atoms in total. The second-order valence-corrected chi connectivity index (χ2v) is 7.13. The van der Waals surface area contributed by atoms with Gasteiger partial charge in [0.2, 0.25) is 6.79 Å². The van der Waals surface area contributed by atoms with Crippen LogP contribution in [0.3, 0.4) is 0 Å². The number of rotatable bonds is 7. The van der Waals surface area contributed by atoms with Gasteiger partial charge in [-0.2, -0.15) is 18.3 Å². The monoisotopic (exact) mass is 473 g/mol. The lowest BCUT2D eigenvalue weighted by Crippen LogP contribution is -2.15. The van der Waals surface area contributed by atoms with Crippen LogP contribution in [0.1, 0.15) is 17.4 Å². The molecule has 0 spiro atoms. The van der Waals surface area contributed by atoms with Gasteiger partial charge in [-0.15, -0.1) is 0 Å². The minimum atomic E-state index is -4.52. The third-order valence-electron chi connectivity index (χ3n) is 4.87. The molecule has 0 fully saturated rings. The number of nitrogens with one attached hydrogen (secondary N) is 1. The second-order valence-electron chi connectivity index (χ2n) is 7.13. The van der Waals surface area contributed by atoms with Crippen molar-refractivity contribution in [2.45, 2.75) is 19.6 Å². The van der Waals surface area contributed by atoms with Crippen LogP contribution in [0.2, 0.25) is 0 Å². The fourth-order valence-corrected chi connectivity index (χ4v) is 3.03. The third kappa shape index (κ3) is 5.00. The van der Waals surface area contributed by atoms with Crippen LogP contribution in [0.4, 0.5) is 18.9 Å². The minimum Gasteiger partial charge on any atom is -0.454 e. The fraction of sp³-hybridized carbons (Fsp3) is 0.182. The number of alkyl halides is 3. The van der Waals surface area contributed by atoms with Gasteiger partial charge in [-0.1, -0.05) is 11.7 Å². The maximum absolute atomic E-state index is 13.1. The van der Waals surface area contributed by atoms with Crippen LogP contribution < -0.4 is 14.8 Å². The Hall–Kier alpha value is -4.35. The van der Waals surface area contributed by atoms with Gasteiger partial charge in [0.15, 0.2) is 23.0 Å². The minimum absolute atomic E-state index is 0.00651. The van der Waals surface area contributed by atoms with Gasteiger partial charge in [-0.05, 0) is 30.7 Å². The standard InChI is InChI=1S/C22H18F3N5O4/c1-3-26-8-15(13(2)22(23,24)25)10-30-11-16(9-27-30)28-21(31)17-7-19(34-29-17)14-4-5-18-20(6-14)33-12-32-18/h3-9,11H,1,10,12H2,2H3,(H,28,31)/b15-13-,26-8-. The van der Waals surface area contributed by atoms with Crippen molar-refractivity contribution in [2.75, 3.05) is 12.1 Å². The molecule has 0 atom stereocenters. The van der Waals surface area contributed by atoms with Gasteiger partial charge in [-0.3, -0.25) is 14.5 Å². The van der Waals surface area contributed by atoms with E-state index in [0.29, 0.717) is 22.8 Å². The number of halogens is 3. The van der Waals surface area contributed by atoms with Crippen LogP contribution in [0.5, 0.6) is 11.5 Å². The van der Waals surface area contributed by atoms with Crippen molar-refractivity contribution in [1.29, 1.82) is 0 Å². The number of carbonyl (C=O) groups is 1. The summed E-state index contributed by atoms with van der Waals surface area (Å²) in [6.45, 7) is 4.24. The topological polar surface area (TPSA) is 104 Å². The van der Waals surface area contributed by atoms with Crippen LogP contribution in [0, 0.1) is 0 Å². The van der Waals surface area contributed by atoms with Crippen LogP contribution in [0.25, 0.3) is 11.3 Å². The maximum Gasteiger partial charge on any atom is 0.412 e. The summed E-state index contributed by atoms with van der Waals surface area (Å²) in [5, 5.41) is 10.4. The summed E-state index contributed by atoms with van der Waals surface area (Å²) in [5.41, 5.74) is 0.00886. The number of nitrogens with zero attached hydrogens (tertiary/aromatic N) is 4. The van der Waals surface area contributed by atoms with E-state index in [-0.39, 0.29) is 30.3 Å². The molecule has 1 aliphatic rings. The summed E-state index contributed by atoms with van der Waals surface area (Å²) in [7, 11) is 0. The number of hydrogen-bond acceptors (Lipinski definition) is 7. The number of carbonyl (C=O) groups excluding carboxylic acids is 1. The smallest absolute Gasteiger partial charge is 0.412 e. The zero-order chi connectivity index (χ0) is 24.3. The first-order chi connectivity index (χ1) is 16.2. The molecule has 0 saturated heterocycles. The van der Waals surface area contributed by atoms with E-state index in [9.17, 15) is 18.0 Å². The quantitative estimate of drug-likeness (QED) is 0.503. The fourth-order valence-electron chi connectivity index (χ4n) is 3.03. The molecule has 12 heteroatoms. The number of ether oxygens (including phenoxy) is 2. The van der Waals surface area contributed by atoms with E-state index in [2.05, 4.69) is 27.1 Å². The molecule has 3 aromatic rings. The van der Waals surface area contributed by atoms with Crippen molar-refractivity contribution < 1.29 is 32.0 Å². The molecule has 1 aromatic carbocycles. The number of benzene rings is 1. The van der Waals surface area contributed by atoms with Gasteiger partial charge in [0.25, 0.3) is 5.91 Å². The van der Waals surface area contributed by atoms with E-state index in [0.717, 1.165) is 19.3 Å². The van der Waals surface area contributed by atoms with Crippen molar-refractivity contribution in [1.82, 2.24) is 14.9 Å². The number of fused-ring (bicyclic) bond motifs is 1. The van der Waals surface area contributed by atoms with Crippen molar-refractivity contribution >= 4 is 17.8 Å². The Morgan fingerprint density at radius 1 is 1.29 bits per heavy atom.